The number of non-ortho nitro benzene ring substituents is 1. The van der Waals surface area contributed by atoms with Crippen LogP contribution < -0.4 is 0 Å². The number of nitrogens with zero attached hydrogens (tertiary/aromatic N) is 6. The summed E-state index contributed by atoms with van der Waals surface area (Å²) in [6.07, 6.45) is 1.89. The van der Waals surface area contributed by atoms with Crippen LogP contribution in [0.2, 0.25) is 0 Å². The van der Waals surface area contributed by atoms with E-state index < -0.39 is 9.85 Å². The summed E-state index contributed by atoms with van der Waals surface area (Å²) in [5.74, 6) is 0. The van der Waals surface area contributed by atoms with Crippen LogP contribution in [0.5, 0.6) is 0 Å². The van der Waals surface area contributed by atoms with Crippen molar-refractivity contribution in [1.29, 1.82) is 0 Å². The Kier molecular flexibility index (Phi) is 4.66. The predicted octanol–water partition coefficient (Wildman–Crippen LogP) is 1.82. The summed E-state index contributed by atoms with van der Waals surface area (Å²) < 4.78 is 7.05. The van der Waals surface area contributed by atoms with Gasteiger partial charge in [-0.2, -0.15) is 0 Å². The normalized spacial score (nSPS) is 17.1. The smallest absolute Gasteiger partial charge is 0.290 e. The molecule has 0 amide bonds. The zero-order valence-electron chi connectivity index (χ0n) is 12.3. The maximum atomic E-state index is 11.2. The Bertz CT molecular complexity index is 775. The highest BCUT2D eigenvalue weighted by Crippen LogP contribution is 2.36. The molecule has 1 aliphatic rings. The number of hydrogen-bond donors (Lipinski definition) is 0. The first-order valence-corrected chi connectivity index (χ1v) is 7.84. The zero-order valence-corrected chi connectivity index (χ0v) is 13.1. The van der Waals surface area contributed by atoms with Gasteiger partial charge in [0.05, 0.1) is 33.5 Å². The standard InChI is InChI=1S/C12H12N6O5S/c19-17(20)8-3-4-11(10(6-8)18(21)22)24-12-13-14-15-16(12)7-9-2-1-5-23-9/h3-4,6,9H,1-2,5,7H2. The summed E-state index contributed by atoms with van der Waals surface area (Å²) in [5.41, 5.74) is -0.703. The van der Waals surface area contributed by atoms with E-state index in [2.05, 4.69) is 15.5 Å². The third-order valence-corrected chi connectivity index (χ3v) is 4.49. The van der Waals surface area contributed by atoms with Crippen molar-refractivity contribution < 1.29 is 14.6 Å². The molecule has 126 valence electrons. The van der Waals surface area contributed by atoms with E-state index in [1.165, 1.54) is 16.8 Å². The molecular formula is C12H12N6O5S. The predicted molar refractivity (Wildman–Crippen MR) is 80.7 cm³/mol. The van der Waals surface area contributed by atoms with Crippen LogP contribution in [0.25, 0.3) is 0 Å². The van der Waals surface area contributed by atoms with Gasteiger partial charge in [0.2, 0.25) is 5.16 Å². The van der Waals surface area contributed by atoms with E-state index in [4.69, 9.17) is 4.74 Å². The van der Waals surface area contributed by atoms with Gasteiger partial charge in [-0.25, -0.2) is 4.68 Å². The molecule has 1 fully saturated rings. The first-order valence-electron chi connectivity index (χ1n) is 7.03. The van der Waals surface area contributed by atoms with Gasteiger partial charge in [0.15, 0.2) is 0 Å². The fourth-order valence-electron chi connectivity index (χ4n) is 2.31. The van der Waals surface area contributed by atoms with Crippen molar-refractivity contribution in [2.75, 3.05) is 6.61 Å². The van der Waals surface area contributed by atoms with E-state index in [0.29, 0.717) is 18.3 Å². The largest absolute Gasteiger partial charge is 0.376 e. The average molecular weight is 352 g/mol. The van der Waals surface area contributed by atoms with Crippen LogP contribution in [0.15, 0.2) is 28.3 Å². The number of nitro benzene ring substituents is 2. The van der Waals surface area contributed by atoms with Crippen LogP contribution in [0, 0.1) is 20.2 Å². The molecular weight excluding hydrogens is 340 g/mol. The molecule has 24 heavy (non-hydrogen) atoms. The Morgan fingerprint density at radius 2 is 2.17 bits per heavy atom. The Morgan fingerprint density at radius 3 is 2.83 bits per heavy atom. The second-order valence-electron chi connectivity index (χ2n) is 5.05. The van der Waals surface area contributed by atoms with Crippen molar-refractivity contribution in [3.63, 3.8) is 0 Å². The molecule has 1 aromatic carbocycles. The molecule has 0 radical (unpaired) electrons. The minimum atomic E-state index is -0.678. The van der Waals surface area contributed by atoms with Gasteiger partial charge in [-0.15, -0.1) is 5.10 Å². The fraction of sp³-hybridized carbons (Fsp3) is 0.417. The SMILES string of the molecule is O=[N+]([O-])c1ccc(Sc2nnnn2CC2CCCO2)c([N+](=O)[O-])c1. The van der Waals surface area contributed by atoms with Gasteiger partial charge < -0.3 is 4.74 Å². The van der Waals surface area contributed by atoms with Gasteiger partial charge >= 0.3 is 0 Å². The van der Waals surface area contributed by atoms with Crippen molar-refractivity contribution in [2.24, 2.45) is 0 Å². The fourth-order valence-corrected chi connectivity index (χ4v) is 3.18. The lowest BCUT2D eigenvalue weighted by Crippen LogP contribution is -2.16. The number of aromatic nitrogens is 4. The number of hydrogen-bond acceptors (Lipinski definition) is 9. The van der Waals surface area contributed by atoms with Crippen LogP contribution in [0.4, 0.5) is 11.4 Å². The van der Waals surface area contributed by atoms with Crippen LogP contribution in [0.1, 0.15) is 12.8 Å². The van der Waals surface area contributed by atoms with Gasteiger partial charge in [-0.05, 0) is 41.1 Å². The molecule has 1 atom stereocenters. The van der Waals surface area contributed by atoms with Crippen molar-refractivity contribution in [3.8, 4) is 0 Å². The lowest BCUT2D eigenvalue weighted by atomic mass is 10.2. The molecule has 0 bridgehead atoms. The molecule has 11 nitrogen and oxygen atoms in total. The molecule has 1 aromatic heterocycles. The number of benzene rings is 1. The Balaban J connectivity index is 1.84. The number of tetrazole rings is 1. The van der Waals surface area contributed by atoms with Crippen molar-refractivity contribution >= 4 is 23.1 Å². The second-order valence-corrected chi connectivity index (χ2v) is 6.06. The van der Waals surface area contributed by atoms with Crippen molar-refractivity contribution in [3.05, 3.63) is 38.4 Å². The third kappa shape index (κ3) is 3.49. The van der Waals surface area contributed by atoms with Gasteiger partial charge in [-0.1, -0.05) is 0 Å². The van der Waals surface area contributed by atoms with E-state index >= 15 is 0 Å². The molecule has 1 saturated heterocycles. The Morgan fingerprint density at radius 1 is 1.33 bits per heavy atom. The van der Waals surface area contributed by atoms with Gasteiger partial charge in [-0.3, -0.25) is 20.2 Å². The van der Waals surface area contributed by atoms with Gasteiger partial charge in [0, 0.05) is 12.7 Å². The molecule has 1 unspecified atom stereocenters. The van der Waals surface area contributed by atoms with Crippen LogP contribution >= 0.6 is 11.8 Å². The molecule has 0 N–H and O–H groups in total. The van der Waals surface area contributed by atoms with Crippen LogP contribution in [0.3, 0.4) is 0 Å². The highest BCUT2D eigenvalue weighted by atomic mass is 32.2. The maximum absolute atomic E-state index is 11.2. The molecule has 0 spiro atoms. The monoisotopic (exact) mass is 352 g/mol. The summed E-state index contributed by atoms with van der Waals surface area (Å²) in [4.78, 5) is 20.8. The second kappa shape index (κ2) is 6.88. The average Bonchev–Trinajstić information content (AvgIpc) is 3.20. The summed E-state index contributed by atoms with van der Waals surface area (Å²) in [6.45, 7) is 1.15. The van der Waals surface area contributed by atoms with Crippen molar-refractivity contribution in [2.45, 2.75) is 35.5 Å². The lowest BCUT2D eigenvalue weighted by molar-refractivity contribution is -0.396. The van der Waals surface area contributed by atoms with Gasteiger partial charge in [0.25, 0.3) is 11.4 Å². The summed E-state index contributed by atoms with van der Waals surface area (Å²) in [7, 11) is 0. The first kappa shape index (κ1) is 16.3. The lowest BCUT2D eigenvalue weighted by Gasteiger charge is -2.10. The van der Waals surface area contributed by atoms with E-state index in [9.17, 15) is 20.2 Å². The maximum Gasteiger partial charge on any atom is 0.290 e. The quantitative estimate of drug-likeness (QED) is 0.562. The molecule has 0 saturated carbocycles. The number of rotatable bonds is 6. The van der Waals surface area contributed by atoms with E-state index in [-0.39, 0.29) is 22.4 Å². The van der Waals surface area contributed by atoms with E-state index in [1.807, 2.05) is 0 Å². The molecule has 0 aliphatic carbocycles. The minimum Gasteiger partial charge on any atom is -0.376 e. The first-order chi connectivity index (χ1) is 11.5. The van der Waals surface area contributed by atoms with E-state index in [1.54, 1.807) is 0 Å². The third-order valence-electron chi connectivity index (χ3n) is 3.45. The Hall–Kier alpha value is -2.60. The van der Waals surface area contributed by atoms with Crippen LogP contribution in [-0.4, -0.2) is 42.8 Å². The van der Waals surface area contributed by atoms with Crippen molar-refractivity contribution in [1.82, 2.24) is 20.2 Å². The summed E-state index contributed by atoms with van der Waals surface area (Å²) in [6, 6.07) is 3.46. The topological polar surface area (TPSA) is 139 Å². The number of ether oxygens (including phenoxy) is 1. The van der Waals surface area contributed by atoms with Crippen LogP contribution in [-0.2, 0) is 11.3 Å². The summed E-state index contributed by atoms with van der Waals surface area (Å²) in [5, 5.41) is 33.6. The molecule has 12 heteroatoms. The molecule has 2 aromatic rings. The molecule has 3 rings (SSSR count). The highest BCUT2D eigenvalue weighted by Gasteiger charge is 2.24. The zero-order chi connectivity index (χ0) is 17.1. The summed E-state index contributed by atoms with van der Waals surface area (Å²) >= 11 is 0.987. The van der Waals surface area contributed by atoms with E-state index in [0.717, 1.165) is 30.7 Å². The molecule has 1 aliphatic heterocycles. The van der Waals surface area contributed by atoms with Gasteiger partial charge in [0.1, 0.15) is 0 Å². The highest BCUT2D eigenvalue weighted by molar-refractivity contribution is 7.99. The molecule has 2 heterocycles. The minimum absolute atomic E-state index is 0.0136. The Labute approximate surface area is 139 Å². The number of nitro groups is 2.